The van der Waals surface area contributed by atoms with Crippen LogP contribution in [0.5, 0.6) is 0 Å². The van der Waals surface area contributed by atoms with Crippen molar-refractivity contribution in [2.45, 2.75) is 25.9 Å². The van der Waals surface area contributed by atoms with Crippen molar-refractivity contribution in [3.05, 3.63) is 42.1 Å². The Labute approximate surface area is 131 Å². The SMILES string of the molecule is CCN(CC)CCSc1nc(C)cc(-c2ccccc2)n1. The summed E-state index contributed by atoms with van der Waals surface area (Å²) in [5, 5.41) is 0.876. The van der Waals surface area contributed by atoms with Gasteiger partial charge >= 0.3 is 0 Å². The number of benzene rings is 1. The van der Waals surface area contributed by atoms with E-state index in [2.05, 4.69) is 40.8 Å². The van der Waals surface area contributed by atoms with Crippen LogP contribution in [0.4, 0.5) is 0 Å². The van der Waals surface area contributed by atoms with Crippen LogP contribution in [0.25, 0.3) is 11.3 Å². The number of hydrogen-bond acceptors (Lipinski definition) is 4. The summed E-state index contributed by atoms with van der Waals surface area (Å²) < 4.78 is 0. The minimum absolute atomic E-state index is 0.876. The number of rotatable bonds is 7. The van der Waals surface area contributed by atoms with E-state index in [0.717, 1.165) is 47.5 Å². The van der Waals surface area contributed by atoms with E-state index in [4.69, 9.17) is 0 Å². The molecule has 0 aliphatic rings. The van der Waals surface area contributed by atoms with Crippen molar-refractivity contribution < 1.29 is 0 Å². The standard InChI is InChI=1S/C17H23N3S/c1-4-20(5-2)11-12-21-17-18-14(3)13-16(19-17)15-9-7-6-8-10-15/h6-10,13H,4-5,11-12H2,1-3H3. The fraction of sp³-hybridized carbons (Fsp3) is 0.412. The molecule has 0 N–H and O–H groups in total. The second kappa shape index (κ2) is 8.15. The van der Waals surface area contributed by atoms with Crippen LogP contribution < -0.4 is 0 Å². The van der Waals surface area contributed by atoms with E-state index in [1.165, 1.54) is 0 Å². The summed E-state index contributed by atoms with van der Waals surface area (Å²) in [6, 6.07) is 12.3. The number of aryl methyl sites for hydroxylation is 1. The Morgan fingerprint density at radius 3 is 2.43 bits per heavy atom. The highest BCUT2D eigenvalue weighted by molar-refractivity contribution is 7.99. The van der Waals surface area contributed by atoms with Gasteiger partial charge in [-0.2, -0.15) is 0 Å². The van der Waals surface area contributed by atoms with E-state index >= 15 is 0 Å². The quantitative estimate of drug-likeness (QED) is 0.573. The summed E-state index contributed by atoms with van der Waals surface area (Å²) in [7, 11) is 0. The third-order valence-electron chi connectivity index (χ3n) is 3.44. The topological polar surface area (TPSA) is 29.0 Å². The van der Waals surface area contributed by atoms with Gasteiger partial charge in [0.05, 0.1) is 5.69 Å². The fourth-order valence-corrected chi connectivity index (χ4v) is 3.07. The number of nitrogens with zero attached hydrogens (tertiary/aromatic N) is 3. The summed E-state index contributed by atoms with van der Waals surface area (Å²) in [4.78, 5) is 11.6. The van der Waals surface area contributed by atoms with Crippen LogP contribution in [0.2, 0.25) is 0 Å². The molecule has 3 nitrogen and oxygen atoms in total. The Morgan fingerprint density at radius 1 is 1.05 bits per heavy atom. The summed E-state index contributed by atoms with van der Waals surface area (Å²) in [6.07, 6.45) is 0. The lowest BCUT2D eigenvalue weighted by atomic mass is 10.1. The molecule has 0 aliphatic heterocycles. The molecule has 2 aromatic rings. The van der Waals surface area contributed by atoms with Crippen molar-refractivity contribution in [1.29, 1.82) is 0 Å². The molecule has 1 aromatic carbocycles. The number of hydrogen-bond donors (Lipinski definition) is 0. The minimum Gasteiger partial charge on any atom is -0.303 e. The van der Waals surface area contributed by atoms with Gasteiger partial charge in [-0.25, -0.2) is 9.97 Å². The predicted octanol–water partition coefficient (Wildman–Crippen LogP) is 3.89. The molecule has 0 amide bonds. The first-order valence-electron chi connectivity index (χ1n) is 7.49. The van der Waals surface area contributed by atoms with Gasteiger partial charge in [0.15, 0.2) is 5.16 Å². The molecule has 0 unspecified atom stereocenters. The highest BCUT2D eigenvalue weighted by Gasteiger charge is 2.06. The van der Waals surface area contributed by atoms with Crippen molar-refractivity contribution in [3.63, 3.8) is 0 Å². The van der Waals surface area contributed by atoms with Gasteiger partial charge < -0.3 is 4.90 Å². The van der Waals surface area contributed by atoms with Crippen LogP contribution in [0.15, 0.2) is 41.6 Å². The largest absolute Gasteiger partial charge is 0.303 e. The highest BCUT2D eigenvalue weighted by Crippen LogP contribution is 2.21. The first kappa shape index (κ1) is 16.0. The van der Waals surface area contributed by atoms with Gasteiger partial charge in [0.1, 0.15) is 0 Å². The first-order valence-corrected chi connectivity index (χ1v) is 8.47. The van der Waals surface area contributed by atoms with Gasteiger partial charge in [-0.1, -0.05) is 55.9 Å². The van der Waals surface area contributed by atoms with Crippen LogP contribution in [-0.2, 0) is 0 Å². The summed E-state index contributed by atoms with van der Waals surface area (Å²) in [5.74, 6) is 1.03. The van der Waals surface area contributed by atoms with Crippen molar-refractivity contribution in [1.82, 2.24) is 14.9 Å². The normalized spacial score (nSPS) is 11.0. The molecule has 1 aromatic heterocycles. The third kappa shape index (κ3) is 4.83. The van der Waals surface area contributed by atoms with Gasteiger partial charge in [0.2, 0.25) is 0 Å². The monoisotopic (exact) mass is 301 g/mol. The van der Waals surface area contributed by atoms with Crippen LogP contribution in [0, 0.1) is 6.92 Å². The van der Waals surface area contributed by atoms with E-state index in [9.17, 15) is 0 Å². The zero-order chi connectivity index (χ0) is 15.1. The number of aromatic nitrogens is 2. The lowest BCUT2D eigenvalue weighted by Gasteiger charge is -2.17. The van der Waals surface area contributed by atoms with E-state index in [1.807, 2.05) is 31.2 Å². The van der Waals surface area contributed by atoms with E-state index in [-0.39, 0.29) is 0 Å². The lowest BCUT2D eigenvalue weighted by molar-refractivity contribution is 0.324. The number of thioether (sulfide) groups is 1. The second-order valence-corrected chi connectivity index (χ2v) is 5.98. The maximum atomic E-state index is 4.69. The van der Waals surface area contributed by atoms with Crippen LogP contribution in [0.1, 0.15) is 19.5 Å². The average molecular weight is 301 g/mol. The van der Waals surface area contributed by atoms with Gasteiger partial charge in [0.25, 0.3) is 0 Å². The first-order chi connectivity index (χ1) is 10.2. The van der Waals surface area contributed by atoms with Gasteiger partial charge in [-0.05, 0) is 26.1 Å². The molecule has 0 bridgehead atoms. The van der Waals surface area contributed by atoms with Crippen LogP contribution >= 0.6 is 11.8 Å². The maximum absolute atomic E-state index is 4.69. The Hall–Kier alpha value is -1.39. The Morgan fingerprint density at radius 2 is 1.76 bits per heavy atom. The zero-order valence-corrected chi connectivity index (χ0v) is 13.9. The highest BCUT2D eigenvalue weighted by atomic mass is 32.2. The molecule has 112 valence electrons. The molecule has 0 fully saturated rings. The Bertz CT molecular complexity index is 553. The molecule has 4 heteroatoms. The maximum Gasteiger partial charge on any atom is 0.188 e. The summed E-state index contributed by atoms with van der Waals surface area (Å²) in [6.45, 7) is 9.70. The van der Waals surface area contributed by atoms with E-state index in [1.54, 1.807) is 11.8 Å². The Kier molecular flexibility index (Phi) is 6.21. The zero-order valence-electron chi connectivity index (χ0n) is 13.0. The van der Waals surface area contributed by atoms with Crippen LogP contribution in [0.3, 0.4) is 0 Å². The molecule has 2 rings (SSSR count). The molecule has 0 saturated carbocycles. The Balaban J connectivity index is 2.06. The van der Waals surface area contributed by atoms with Gasteiger partial charge in [-0.3, -0.25) is 0 Å². The van der Waals surface area contributed by atoms with Gasteiger partial charge in [0, 0.05) is 23.6 Å². The molecule has 1 heterocycles. The molecule has 0 saturated heterocycles. The molecule has 21 heavy (non-hydrogen) atoms. The second-order valence-electron chi connectivity index (χ2n) is 4.92. The van der Waals surface area contributed by atoms with Crippen molar-refractivity contribution in [2.24, 2.45) is 0 Å². The fourth-order valence-electron chi connectivity index (χ4n) is 2.17. The predicted molar refractivity (Wildman–Crippen MR) is 90.7 cm³/mol. The van der Waals surface area contributed by atoms with Gasteiger partial charge in [-0.15, -0.1) is 0 Å². The lowest BCUT2D eigenvalue weighted by Crippen LogP contribution is -2.25. The molecular formula is C17H23N3S. The molecule has 0 aliphatic carbocycles. The van der Waals surface area contributed by atoms with E-state index in [0.29, 0.717) is 0 Å². The van der Waals surface area contributed by atoms with E-state index < -0.39 is 0 Å². The molecule has 0 atom stereocenters. The summed E-state index contributed by atoms with van der Waals surface area (Å²) >= 11 is 1.74. The third-order valence-corrected chi connectivity index (χ3v) is 4.26. The smallest absolute Gasteiger partial charge is 0.188 e. The average Bonchev–Trinajstić information content (AvgIpc) is 2.52. The van der Waals surface area contributed by atoms with Crippen LogP contribution in [-0.4, -0.2) is 40.3 Å². The van der Waals surface area contributed by atoms with Crippen molar-refractivity contribution in [3.8, 4) is 11.3 Å². The van der Waals surface area contributed by atoms with Crippen molar-refractivity contribution >= 4 is 11.8 Å². The summed E-state index contributed by atoms with van der Waals surface area (Å²) in [5.41, 5.74) is 3.18. The molecule has 0 radical (unpaired) electrons. The molecule has 0 spiro atoms. The molecular weight excluding hydrogens is 278 g/mol. The minimum atomic E-state index is 0.876. The van der Waals surface area contributed by atoms with Crippen molar-refractivity contribution in [2.75, 3.05) is 25.4 Å².